The summed E-state index contributed by atoms with van der Waals surface area (Å²) in [6.07, 6.45) is 0. The van der Waals surface area contributed by atoms with Crippen LogP contribution in [-0.4, -0.2) is 30.0 Å². The van der Waals surface area contributed by atoms with Crippen LogP contribution < -0.4 is 10.1 Å². The lowest BCUT2D eigenvalue weighted by Crippen LogP contribution is -2.15. The van der Waals surface area contributed by atoms with E-state index in [-0.39, 0.29) is 17.9 Å². The third-order valence-corrected chi connectivity index (χ3v) is 5.19. The Bertz CT molecular complexity index is 1110. The molecule has 2 aromatic carbocycles. The first kappa shape index (κ1) is 22.0. The molecule has 31 heavy (non-hydrogen) atoms. The summed E-state index contributed by atoms with van der Waals surface area (Å²) < 4.78 is 10.6. The largest absolute Gasteiger partial charge is 0.494 e. The van der Waals surface area contributed by atoms with Crippen molar-refractivity contribution >= 4 is 33.9 Å². The van der Waals surface area contributed by atoms with Crippen LogP contribution in [0.25, 0.3) is 11.1 Å². The summed E-state index contributed by atoms with van der Waals surface area (Å²) in [7, 11) is 0. The average Bonchev–Trinajstić information content (AvgIpc) is 3.18. The molecule has 0 atom stereocenters. The van der Waals surface area contributed by atoms with E-state index in [1.54, 1.807) is 48.7 Å². The number of hydrogen-bond donors (Lipinski definition) is 1. The van der Waals surface area contributed by atoms with Gasteiger partial charge in [-0.15, -0.1) is 11.3 Å². The van der Waals surface area contributed by atoms with Crippen LogP contribution in [0.5, 0.6) is 5.75 Å². The number of nitro groups is 1. The molecule has 0 fully saturated rings. The summed E-state index contributed by atoms with van der Waals surface area (Å²) in [4.78, 5) is 35.9. The zero-order valence-corrected chi connectivity index (χ0v) is 17.7. The maximum Gasteiger partial charge on any atom is 0.341 e. The van der Waals surface area contributed by atoms with Gasteiger partial charge in [0.25, 0.3) is 11.6 Å². The van der Waals surface area contributed by atoms with E-state index in [0.29, 0.717) is 34.0 Å². The van der Waals surface area contributed by atoms with Crippen LogP contribution in [0, 0.1) is 10.1 Å². The number of rotatable bonds is 8. The summed E-state index contributed by atoms with van der Waals surface area (Å²) in [6, 6.07) is 12.6. The fraction of sp³-hybridized carbons (Fsp3) is 0.182. The number of carbonyl (C=O) groups excluding carboxylic acids is 2. The van der Waals surface area contributed by atoms with E-state index >= 15 is 0 Å². The van der Waals surface area contributed by atoms with Gasteiger partial charge < -0.3 is 14.8 Å². The Morgan fingerprint density at radius 3 is 2.48 bits per heavy atom. The Morgan fingerprint density at radius 1 is 1.10 bits per heavy atom. The molecule has 3 aromatic rings. The van der Waals surface area contributed by atoms with Crippen LogP contribution in [0.15, 0.2) is 53.9 Å². The van der Waals surface area contributed by atoms with Crippen LogP contribution in [0.2, 0.25) is 0 Å². The normalized spacial score (nSPS) is 10.4. The van der Waals surface area contributed by atoms with E-state index in [4.69, 9.17) is 9.47 Å². The topological polar surface area (TPSA) is 108 Å². The number of ether oxygens (including phenoxy) is 2. The molecule has 0 saturated carbocycles. The zero-order chi connectivity index (χ0) is 22.4. The SMILES string of the molecule is CCOC(=O)c1c(-c2ccc([N+](=O)[O-])cc2)csc1NC(=O)c1cccc(OCC)c1. The third kappa shape index (κ3) is 5.07. The van der Waals surface area contributed by atoms with Gasteiger partial charge in [-0.25, -0.2) is 4.79 Å². The highest BCUT2D eigenvalue weighted by molar-refractivity contribution is 7.15. The van der Waals surface area contributed by atoms with Gasteiger partial charge in [0.15, 0.2) is 0 Å². The highest BCUT2D eigenvalue weighted by atomic mass is 32.1. The molecule has 0 aliphatic rings. The van der Waals surface area contributed by atoms with Crippen LogP contribution in [0.3, 0.4) is 0 Å². The second kappa shape index (κ2) is 9.86. The van der Waals surface area contributed by atoms with Gasteiger partial charge in [-0.1, -0.05) is 6.07 Å². The van der Waals surface area contributed by atoms with Gasteiger partial charge in [0.05, 0.1) is 18.1 Å². The smallest absolute Gasteiger partial charge is 0.341 e. The highest BCUT2D eigenvalue weighted by Crippen LogP contribution is 2.37. The third-order valence-electron chi connectivity index (χ3n) is 4.29. The Hall–Kier alpha value is -3.72. The Kier molecular flexibility index (Phi) is 6.99. The van der Waals surface area contributed by atoms with Gasteiger partial charge in [0.1, 0.15) is 16.3 Å². The Balaban J connectivity index is 1.95. The molecular weight excluding hydrogens is 420 g/mol. The minimum atomic E-state index is -0.588. The Morgan fingerprint density at radius 2 is 1.84 bits per heavy atom. The molecule has 0 radical (unpaired) electrons. The summed E-state index contributed by atoms with van der Waals surface area (Å²) in [6.45, 7) is 4.18. The fourth-order valence-corrected chi connectivity index (χ4v) is 3.85. The van der Waals surface area contributed by atoms with Gasteiger partial charge in [0, 0.05) is 28.6 Å². The lowest BCUT2D eigenvalue weighted by molar-refractivity contribution is -0.384. The van der Waals surface area contributed by atoms with E-state index in [9.17, 15) is 19.7 Å². The second-order valence-corrected chi connectivity index (χ2v) is 7.17. The standard InChI is InChI=1S/C22H20N2O6S/c1-3-29-17-7-5-6-15(12-17)20(25)23-21-19(22(26)30-4-2)18(13-31-21)14-8-10-16(11-9-14)24(27)28/h5-13H,3-4H2,1-2H3,(H,23,25). The average molecular weight is 440 g/mol. The number of benzene rings is 2. The number of esters is 1. The van der Waals surface area contributed by atoms with Crippen molar-refractivity contribution in [3.05, 3.63) is 75.2 Å². The van der Waals surface area contributed by atoms with Crippen molar-refractivity contribution in [3.8, 4) is 16.9 Å². The first-order valence-corrected chi connectivity index (χ1v) is 10.4. The van der Waals surface area contributed by atoms with Gasteiger partial charge in [-0.2, -0.15) is 0 Å². The van der Waals surface area contributed by atoms with E-state index in [2.05, 4.69) is 5.32 Å². The van der Waals surface area contributed by atoms with Crippen molar-refractivity contribution in [2.24, 2.45) is 0 Å². The molecule has 8 nitrogen and oxygen atoms in total. The molecule has 3 rings (SSSR count). The van der Waals surface area contributed by atoms with Crippen molar-refractivity contribution in [1.29, 1.82) is 0 Å². The van der Waals surface area contributed by atoms with Crippen molar-refractivity contribution < 1.29 is 24.0 Å². The molecule has 0 aliphatic heterocycles. The first-order chi connectivity index (χ1) is 14.9. The van der Waals surface area contributed by atoms with Gasteiger partial charge in [0.2, 0.25) is 0 Å². The van der Waals surface area contributed by atoms with Crippen molar-refractivity contribution in [3.63, 3.8) is 0 Å². The Labute approximate surface area is 182 Å². The number of hydrogen-bond acceptors (Lipinski definition) is 7. The predicted octanol–water partition coefficient (Wildman–Crippen LogP) is 5.15. The number of thiophene rings is 1. The van der Waals surface area contributed by atoms with E-state index < -0.39 is 16.8 Å². The maximum absolute atomic E-state index is 12.8. The number of nitro benzene ring substituents is 1. The van der Waals surface area contributed by atoms with Crippen LogP contribution in [0.1, 0.15) is 34.6 Å². The van der Waals surface area contributed by atoms with Gasteiger partial charge in [-0.05, 0) is 49.7 Å². The number of nitrogens with one attached hydrogen (secondary N) is 1. The molecule has 1 aromatic heterocycles. The summed E-state index contributed by atoms with van der Waals surface area (Å²) in [5, 5.41) is 15.7. The lowest BCUT2D eigenvalue weighted by atomic mass is 10.0. The van der Waals surface area contributed by atoms with Crippen molar-refractivity contribution in [2.75, 3.05) is 18.5 Å². The minimum absolute atomic E-state index is 0.0561. The van der Waals surface area contributed by atoms with Crippen LogP contribution >= 0.6 is 11.3 Å². The molecule has 0 aliphatic carbocycles. The van der Waals surface area contributed by atoms with E-state index in [0.717, 1.165) is 0 Å². The van der Waals surface area contributed by atoms with Crippen LogP contribution in [-0.2, 0) is 4.74 Å². The van der Waals surface area contributed by atoms with Crippen molar-refractivity contribution in [2.45, 2.75) is 13.8 Å². The molecule has 160 valence electrons. The fourth-order valence-electron chi connectivity index (χ4n) is 2.90. The quantitative estimate of drug-likeness (QED) is 0.295. The molecule has 1 amide bonds. The monoisotopic (exact) mass is 440 g/mol. The van der Waals surface area contributed by atoms with E-state index in [1.165, 1.54) is 23.5 Å². The lowest BCUT2D eigenvalue weighted by Gasteiger charge is -2.10. The predicted molar refractivity (Wildman–Crippen MR) is 118 cm³/mol. The molecular formula is C22H20N2O6S. The van der Waals surface area contributed by atoms with Gasteiger partial charge in [-0.3, -0.25) is 14.9 Å². The molecule has 1 N–H and O–H groups in total. The second-order valence-electron chi connectivity index (χ2n) is 6.29. The molecule has 0 bridgehead atoms. The first-order valence-electron chi connectivity index (χ1n) is 9.52. The van der Waals surface area contributed by atoms with Crippen molar-refractivity contribution in [1.82, 2.24) is 0 Å². The van der Waals surface area contributed by atoms with E-state index in [1.807, 2.05) is 6.92 Å². The summed E-state index contributed by atoms with van der Waals surface area (Å²) in [5.74, 6) is -0.418. The highest BCUT2D eigenvalue weighted by Gasteiger charge is 2.23. The number of anilines is 1. The molecule has 0 unspecified atom stereocenters. The maximum atomic E-state index is 12.8. The number of carbonyl (C=O) groups is 2. The minimum Gasteiger partial charge on any atom is -0.494 e. The molecule has 0 spiro atoms. The summed E-state index contributed by atoms with van der Waals surface area (Å²) >= 11 is 1.18. The van der Waals surface area contributed by atoms with Crippen LogP contribution in [0.4, 0.5) is 10.7 Å². The molecule has 0 saturated heterocycles. The number of non-ortho nitro benzene ring substituents is 1. The molecule has 9 heteroatoms. The number of nitrogens with zero attached hydrogens (tertiary/aromatic N) is 1. The van der Waals surface area contributed by atoms with Gasteiger partial charge >= 0.3 is 5.97 Å². The zero-order valence-electron chi connectivity index (χ0n) is 16.9. The number of amides is 1. The molecule has 1 heterocycles. The summed E-state index contributed by atoms with van der Waals surface area (Å²) in [5.41, 5.74) is 1.65.